The summed E-state index contributed by atoms with van der Waals surface area (Å²) in [6.45, 7) is -0.763. The molecule has 6 nitrogen and oxygen atoms in total. The van der Waals surface area contributed by atoms with Gasteiger partial charge in [0.05, 0.1) is 36.2 Å². The van der Waals surface area contributed by atoms with Gasteiger partial charge in [0.25, 0.3) is 0 Å². The van der Waals surface area contributed by atoms with E-state index < -0.39 is 19.7 Å². The third-order valence-corrected chi connectivity index (χ3v) is 5.65. The van der Waals surface area contributed by atoms with Crippen LogP contribution >= 0.6 is 0 Å². The summed E-state index contributed by atoms with van der Waals surface area (Å²) in [5.41, 5.74) is 0. The van der Waals surface area contributed by atoms with Crippen LogP contribution in [0.2, 0.25) is 0 Å². The highest BCUT2D eigenvalue weighted by atomic mass is 32.2. The molecule has 0 radical (unpaired) electrons. The third kappa shape index (κ3) is 9.51. The van der Waals surface area contributed by atoms with Crippen LogP contribution in [-0.4, -0.2) is 63.3 Å². The Hall–Kier alpha value is -0.180. The van der Waals surface area contributed by atoms with E-state index in [0.29, 0.717) is 19.3 Å². The molecule has 2 N–H and O–H groups in total. The molecular weight excluding hydrogens is 268 g/mol. The Balaban J connectivity index is 3.74. The van der Waals surface area contributed by atoms with Gasteiger partial charge in [0.1, 0.15) is 0 Å². The van der Waals surface area contributed by atoms with Gasteiger partial charge in [0.2, 0.25) is 0 Å². The molecule has 0 atom stereocenters. The van der Waals surface area contributed by atoms with Gasteiger partial charge < -0.3 is 10.2 Å². The lowest BCUT2D eigenvalue weighted by molar-refractivity contribution is 0.319. The van der Waals surface area contributed by atoms with Crippen LogP contribution in [0.5, 0.6) is 0 Å². The number of rotatable bonds is 10. The van der Waals surface area contributed by atoms with E-state index in [1.54, 1.807) is 0 Å². The summed E-state index contributed by atoms with van der Waals surface area (Å²) in [4.78, 5) is 0. The number of unbranched alkanes of at least 4 members (excludes halogenated alkanes) is 2. The molecule has 8 heteroatoms. The van der Waals surface area contributed by atoms with Gasteiger partial charge in [0.15, 0.2) is 19.7 Å². The first-order valence-corrected chi connectivity index (χ1v) is 9.10. The second-order valence-corrected chi connectivity index (χ2v) is 8.42. The smallest absolute Gasteiger partial charge is 0.152 e. The predicted octanol–water partition coefficient (Wildman–Crippen LogP) is -1.03. The molecule has 0 saturated carbocycles. The van der Waals surface area contributed by atoms with Crippen LogP contribution in [0.15, 0.2) is 0 Å². The van der Waals surface area contributed by atoms with Crippen LogP contribution in [0.3, 0.4) is 0 Å². The van der Waals surface area contributed by atoms with E-state index in [1.165, 1.54) is 0 Å². The van der Waals surface area contributed by atoms with Gasteiger partial charge in [-0.05, 0) is 12.8 Å². The quantitative estimate of drug-likeness (QED) is 0.498. The first kappa shape index (κ1) is 16.8. The SMILES string of the molecule is O=S(=O)(CCO)CCCCCS(=O)(=O)CCO. The first-order chi connectivity index (χ1) is 7.83. The number of sulfone groups is 2. The molecule has 0 aromatic carbocycles. The zero-order valence-electron chi connectivity index (χ0n) is 9.71. The third-order valence-electron chi connectivity index (χ3n) is 2.22. The normalized spacial score (nSPS) is 12.8. The lowest BCUT2D eigenvalue weighted by atomic mass is 10.3. The molecule has 0 unspecified atom stereocenters. The number of hydrogen-bond acceptors (Lipinski definition) is 6. The zero-order chi connectivity index (χ0) is 13.4. The maximum Gasteiger partial charge on any atom is 0.152 e. The summed E-state index contributed by atoms with van der Waals surface area (Å²) in [5, 5.41) is 17.0. The van der Waals surface area contributed by atoms with Gasteiger partial charge in [-0.15, -0.1) is 0 Å². The molecule has 0 aliphatic rings. The van der Waals surface area contributed by atoms with Crippen molar-refractivity contribution < 1.29 is 27.0 Å². The molecule has 0 bridgehead atoms. The highest BCUT2D eigenvalue weighted by Crippen LogP contribution is 2.03. The highest BCUT2D eigenvalue weighted by Gasteiger charge is 2.11. The van der Waals surface area contributed by atoms with Gasteiger partial charge in [-0.3, -0.25) is 0 Å². The molecule has 0 rings (SSSR count). The predicted molar refractivity (Wildman–Crippen MR) is 65.3 cm³/mol. The van der Waals surface area contributed by atoms with Crippen molar-refractivity contribution in [2.45, 2.75) is 19.3 Å². The fourth-order valence-corrected chi connectivity index (χ4v) is 3.56. The van der Waals surface area contributed by atoms with Crippen molar-refractivity contribution in [3.63, 3.8) is 0 Å². The Morgan fingerprint density at radius 1 is 0.588 bits per heavy atom. The van der Waals surface area contributed by atoms with Gasteiger partial charge in [-0.25, -0.2) is 16.8 Å². The van der Waals surface area contributed by atoms with Crippen molar-refractivity contribution in [2.24, 2.45) is 0 Å². The maximum atomic E-state index is 11.2. The minimum absolute atomic E-state index is 0.0202. The zero-order valence-corrected chi connectivity index (χ0v) is 11.3. The summed E-state index contributed by atoms with van der Waals surface area (Å²) in [6.07, 6.45) is 1.31. The van der Waals surface area contributed by atoms with Crippen LogP contribution in [0.4, 0.5) is 0 Å². The fourth-order valence-electron chi connectivity index (χ4n) is 1.30. The van der Waals surface area contributed by atoms with Crippen molar-refractivity contribution in [3.8, 4) is 0 Å². The Kier molecular flexibility index (Phi) is 7.93. The Labute approximate surface area is 102 Å². The Morgan fingerprint density at radius 3 is 1.24 bits per heavy atom. The largest absolute Gasteiger partial charge is 0.395 e. The van der Waals surface area contributed by atoms with Crippen LogP contribution in [0, 0.1) is 0 Å². The minimum atomic E-state index is -3.20. The molecule has 0 fully saturated rings. The van der Waals surface area contributed by atoms with Crippen LogP contribution < -0.4 is 0 Å². The van der Waals surface area contributed by atoms with E-state index in [0.717, 1.165) is 0 Å². The Bertz CT molecular complexity index is 346. The molecule has 0 aromatic rings. The molecule has 0 aromatic heterocycles. The number of aliphatic hydroxyl groups excluding tert-OH is 2. The number of hydrogen-bond donors (Lipinski definition) is 2. The van der Waals surface area contributed by atoms with Gasteiger partial charge in [-0.2, -0.15) is 0 Å². The highest BCUT2D eigenvalue weighted by molar-refractivity contribution is 7.91. The second kappa shape index (κ2) is 8.02. The van der Waals surface area contributed by atoms with E-state index in [2.05, 4.69) is 0 Å². The van der Waals surface area contributed by atoms with Crippen molar-refractivity contribution in [2.75, 3.05) is 36.2 Å². The topological polar surface area (TPSA) is 109 Å². The van der Waals surface area contributed by atoms with Crippen LogP contribution in [-0.2, 0) is 19.7 Å². The van der Waals surface area contributed by atoms with Crippen molar-refractivity contribution in [3.05, 3.63) is 0 Å². The van der Waals surface area contributed by atoms with Crippen molar-refractivity contribution in [1.29, 1.82) is 0 Å². The van der Waals surface area contributed by atoms with Crippen LogP contribution in [0.1, 0.15) is 19.3 Å². The summed E-state index contributed by atoms with van der Waals surface area (Å²) in [7, 11) is -6.39. The van der Waals surface area contributed by atoms with Crippen LogP contribution in [0.25, 0.3) is 0 Å². The average Bonchev–Trinajstić information content (AvgIpc) is 2.16. The molecule has 0 spiro atoms. The molecule has 0 amide bonds. The molecule has 104 valence electrons. The Morgan fingerprint density at radius 2 is 0.941 bits per heavy atom. The van der Waals surface area contributed by atoms with E-state index in [-0.39, 0.29) is 36.2 Å². The average molecular weight is 288 g/mol. The summed E-state index contributed by atoms with van der Waals surface area (Å²) in [6, 6.07) is 0. The minimum Gasteiger partial charge on any atom is -0.395 e. The maximum absolute atomic E-state index is 11.2. The first-order valence-electron chi connectivity index (χ1n) is 5.45. The monoisotopic (exact) mass is 288 g/mol. The van der Waals surface area contributed by atoms with E-state index >= 15 is 0 Å². The molecule has 0 saturated heterocycles. The molecule has 0 aliphatic heterocycles. The second-order valence-electron chi connectivity index (χ2n) is 3.81. The van der Waals surface area contributed by atoms with Crippen molar-refractivity contribution in [1.82, 2.24) is 0 Å². The standard InChI is InChI=1S/C9H20O6S2/c10-4-8-16(12,13)6-2-1-3-7-17(14,15)9-5-11/h10-11H,1-9H2. The van der Waals surface area contributed by atoms with E-state index in [1.807, 2.05) is 0 Å². The lowest BCUT2D eigenvalue weighted by Gasteiger charge is -2.03. The fraction of sp³-hybridized carbons (Fsp3) is 1.00. The number of aliphatic hydroxyl groups is 2. The van der Waals surface area contributed by atoms with E-state index in [4.69, 9.17) is 10.2 Å². The van der Waals surface area contributed by atoms with Gasteiger partial charge >= 0.3 is 0 Å². The molecule has 17 heavy (non-hydrogen) atoms. The van der Waals surface area contributed by atoms with Gasteiger partial charge in [-0.1, -0.05) is 6.42 Å². The summed E-state index contributed by atoms with van der Waals surface area (Å²) < 4.78 is 44.7. The molecular formula is C9H20O6S2. The van der Waals surface area contributed by atoms with Crippen molar-refractivity contribution >= 4 is 19.7 Å². The summed E-state index contributed by atoms with van der Waals surface area (Å²) in [5.74, 6) is -0.521. The van der Waals surface area contributed by atoms with E-state index in [9.17, 15) is 16.8 Å². The van der Waals surface area contributed by atoms with Gasteiger partial charge in [0, 0.05) is 0 Å². The summed E-state index contributed by atoms with van der Waals surface area (Å²) >= 11 is 0. The molecule has 0 aliphatic carbocycles. The molecule has 0 heterocycles. The lowest BCUT2D eigenvalue weighted by Crippen LogP contribution is -2.15.